The number of carbonyl (C=O) groups excluding carboxylic acids is 1. The number of aromatic hydroxyl groups is 1. The largest absolute Gasteiger partial charge is 0.508 e. The Balaban J connectivity index is 1.98. The zero-order chi connectivity index (χ0) is 18.5. The summed E-state index contributed by atoms with van der Waals surface area (Å²) in [6.45, 7) is 3.52. The molecule has 1 amide bonds. The molecule has 132 valence electrons. The Morgan fingerprint density at radius 2 is 1.65 bits per heavy atom. The number of nitrogens with one attached hydrogen (secondary N) is 1. The Morgan fingerprint density at radius 3 is 2.31 bits per heavy atom. The predicted octanol–water partition coefficient (Wildman–Crippen LogP) is 4.52. The molecular formula is C23H23NO2. The Labute approximate surface area is 154 Å². The topological polar surface area (TPSA) is 49.3 Å². The summed E-state index contributed by atoms with van der Waals surface area (Å²) in [7, 11) is 0. The minimum absolute atomic E-state index is 0.136. The third-order valence-electron chi connectivity index (χ3n) is 4.41. The van der Waals surface area contributed by atoms with Gasteiger partial charge in [0.15, 0.2) is 0 Å². The maximum absolute atomic E-state index is 11.8. The third kappa shape index (κ3) is 4.31. The lowest BCUT2D eigenvalue weighted by Crippen LogP contribution is -2.27. The molecule has 3 rings (SSSR count). The second-order valence-electron chi connectivity index (χ2n) is 6.60. The molecule has 0 fully saturated rings. The van der Waals surface area contributed by atoms with Crippen molar-refractivity contribution in [2.75, 3.05) is 0 Å². The first-order valence-corrected chi connectivity index (χ1v) is 8.72. The summed E-state index contributed by atoms with van der Waals surface area (Å²) in [5, 5.41) is 13.4. The van der Waals surface area contributed by atoms with E-state index in [0.29, 0.717) is 5.56 Å². The molecule has 0 saturated carbocycles. The number of amides is 1. The van der Waals surface area contributed by atoms with Gasteiger partial charge in [-0.1, -0.05) is 66.2 Å². The fourth-order valence-corrected chi connectivity index (χ4v) is 3.08. The molecule has 0 saturated heterocycles. The normalized spacial score (nSPS) is 11.8. The molecule has 0 aliphatic carbocycles. The summed E-state index contributed by atoms with van der Waals surface area (Å²) in [6.07, 6.45) is 0.773. The highest BCUT2D eigenvalue weighted by molar-refractivity contribution is 5.74. The number of phenolic OH excluding ortho intramolecular Hbond substituents is 1. The van der Waals surface area contributed by atoms with Crippen LogP contribution in [0.1, 0.15) is 40.8 Å². The lowest BCUT2D eigenvalue weighted by Gasteiger charge is -2.21. The molecule has 3 nitrogen and oxygen atoms in total. The molecule has 3 heteroatoms. The van der Waals surface area contributed by atoms with Gasteiger partial charge in [0.05, 0.1) is 6.04 Å². The van der Waals surface area contributed by atoms with Gasteiger partial charge in [-0.25, -0.2) is 0 Å². The number of hydrogen-bond acceptors (Lipinski definition) is 2. The maximum Gasteiger partial charge on any atom is 0.217 e. The van der Waals surface area contributed by atoms with Gasteiger partial charge in [-0.3, -0.25) is 4.79 Å². The zero-order valence-electron chi connectivity index (χ0n) is 15.1. The standard InChI is InChI=1S/C23H23NO2/c1-16-8-11-20(12-9-16)23(24-17(2)25)21-15-19(10-13-22(21)26)14-18-6-4-3-5-7-18/h3-13,15,23,26H,14H2,1-2H3,(H,24,25). The molecule has 0 aliphatic rings. The molecule has 1 atom stereocenters. The Kier molecular flexibility index (Phi) is 5.37. The first kappa shape index (κ1) is 17.7. The smallest absolute Gasteiger partial charge is 0.217 e. The molecule has 26 heavy (non-hydrogen) atoms. The first-order chi connectivity index (χ1) is 12.5. The van der Waals surface area contributed by atoms with Gasteiger partial charge in [0.25, 0.3) is 0 Å². The van der Waals surface area contributed by atoms with E-state index in [-0.39, 0.29) is 17.7 Å². The first-order valence-electron chi connectivity index (χ1n) is 8.72. The second-order valence-corrected chi connectivity index (χ2v) is 6.60. The molecule has 1 unspecified atom stereocenters. The van der Waals surface area contributed by atoms with Crippen LogP contribution in [0.3, 0.4) is 0 Å². The Hall–Kier alpha value is -3.07. The van der Waals surface area contributed by atoms with E-state index in [1.54, 1.807) is 6.07 Å². The molecular weight excluding hydrogens is 322 g/mol. The molecule has 0 spiro atoms. The van der Waals surface area contributed by atoms with E-state index in [2.05, 4.69) is 17.4 Å². The van der Waals surface area contributed by atoms with E-state index in [1.165, 1.54) is 12.5 Å². The van der Waals surface area contributed by atoms with Gasteiger partial charge >= 0.3 is 0 Å². The van der Waals surface area contributed by atoms with Gasteiger partial charge in [-0.15, -0.1) is 0 Å². The average molecular weight is 345 g/mol. The molecule has 2 N–H and O–H groups in total. The van der Waals surface area contributed by atoms with Crippen LogP contribution in [-0.4, -0.2) is 11.0 Å². The van der Waals surface area contributed by atoms with Gasteiger partial charge in [-0.2, -0.15) is 0 Å². The molecule has 0 heterocycles. The Morgan fingerprint density at radius 1 is 0.962 bits per heavy atom. The number of aryl methyl sites for hydroxylation is 1. The van der Waals surface area contributed by atoms with Crippen LogP contribution in [0.2, 0.25) is 0 Å². The van der Waals surface area contributed by atoms with Crippen LogP contribution in [0.4, 0.5) is 0 Å². The van der Waals surface area contributed by atoms with Crippen molar-refractivity contribution in [3.05, 3.63) is 101 Å². The van der Waals surface area contributed by atoms with Gasteiger partial charge in [0, 0.05) is 12.5 Å². The molecule has 0 radical (unpaired) electrons. The van der Waals surface area contributed by atoms with E-state index in [9.17, 15) is 9.90 Å². The number of hydrogen-bond donors (Lipinski definition) is 2. The van der Waals surface area contributed by atoms with Crippen LogP contribution in [0.5, 0.6) is 5.75 Å². The summed E-state index contributed by atoms with van der Waals surface area (Å²) in [6, 6.07) is 23.4. The van der Waals surface area contributed by atoms with E-state index >= 15 is 0 Å². The molecule has 3 aromatic rings. The van der Waals surface area contributed by atoms with Crippen molar-refractivity contribution in [1.29, 1.82) is 0 Å². The van der Waals surface area contributed by atoms with Crippen LogP contribution >= 0.6 is 0 Å². The van der Waals surface area contributed by atoms with Gasteiger partial charge in [-0.05, 0) is 42.2 Å². The lowest BCUT2D eigenvalue weighted by molar-refractivity contribution is -0.119. The highest BCUT2D eigenvalue weighted by atomic mass is 16.3. The fraction of sp³-hybridized carbons (Fsp3) is 0.174. The van der Waals surface area contributed by atoms with E-state index in [4.69, 9.17) is 0 Å². The molecule has 0 aliphatic heterocycles. The van der Waals surface area contributed by atoms with Crippen molar-refractivity contribution in [2.24, 2.45) is 0 Å². The summed E-state index contributed by atoms with van der Waals surface area (Å²) < 4.78 is 0. The van der Waals surface area contributed by atoms with Crippen molar-refractivity contribution in [1.82, 2.24) is 5.32 Å². The SMILES string of the molecule is CC(=O)NC(c1ccc(C)cc1)c1cc(Cc2ccccc2)ccc1O. The fourth-order valence-electron chi connectivity index (χ4n) is 3.08. The summed E-state index contributed by atoms with van der Waals surface area (Å²) in [5.41, 5.74) is 5.09. The number of phenols is 1. The average Bonchev–Trinajstić information content (AvgIpc) is 2.63. The Bertz CT molecular complexity index is 886. The number of carbonyl (C=O) groups is 1. The van der Waals surface area contributed by atoms with Crippen LogP contribution in [-0.2, 0) is 11.2 Å². The zero-order valence-corrected chi connectivity index (χ0v) is 15.1. The number of benzene rings is 3. The van der Waals surface area contributed by atoms with E-state index in [1.807, 2.05) is 61.5 Å². The minimum atomic E-state index is -0.385. The minimum Gasteiger partial charge on any atom is -0.508 e. The molecule has 3 aromatic carbocycles. The third-order valence-corrected chi connectivity index (χ3v) is 4.41. The highest BCUT2D eigenvalue weighted by Gasteiger charge is 2.19. The highest BCUT2D eigenvalue weighted by Crippen LogP contribution is 2.31. The van der Waals surface area contributed by atoms with E-state index < -0.39 is 0 Å². The lowest BCUT2D eigenvalue weighted by atomic mass is 9.94. The maximum atomic E-state index is 11.8. The number of rotatable bonds is 5. The van der Waals surface area contributed by atoms with Gasteiger partial charge < -0.3 is 10.4 Å². The van der Waals surface area contributed by atoms with Crippen molar-refractivity contribution in [2.45, 2.75) is 26.3 Å². The van der Waals surface area contributed by atoms with Crippen LogP contribution in [0.25, 0.3) is 0 Å². The molecule has 0 aromatic heterocycles. The van der Waals surface area contributed by atoms with Crippen LogP contribution in [0, 0.1) is 6.92 Å². The monoisotopic (exact) mass is 345 g/mol. The van der Waals surface area contributed by atoms with E-state index in [0.717, 1.165) is 23.1 Å². The van der Waals surface area contributed by atoms with Crippen molar-refractivity contribution in [3.8, 4) is 5.75 Å². The second kappa shape index (κ2) is 7.87. The van der Waals surface area contributed by atoms with Crippen molar-refractivity contribution < 1.29 is 9.90 Å². The quantitative estimate of drug-likeness (QED) is 0.714. The van der Waals surface area contributed by atoms with Crippen LogP contribution in [0.15, 0.2) is 72.8 Å². The van der Waals surface area contributed by atoms with Crippen LogP contribution < -0.4 is 5.32 Å². The summed E-state index contributed by atoms with van der Waals surface area (Å²) in [4.78, 5) is 11.8. The van der Waals surface area contributed by atoms with Gasteiger partial charge in [0.1, 0.15) is 5.75 Å². The van der Waals surface area contributed by atoms with Gasteiger partial charge in [0.2, 0.25) is 5.91 Å². The van der Waals surface area contributed by atoms with Crippen molar-refractivity contribution in [3.63, 3.8) is 0 Å². The van der Waals surface area contributed by atoms with Crippen molar-refractivity contribution >= 4 is 5.91 Å². The summed E-state index contributed by atoms with van der Waals surface area (Å²) >= 11 is 0. The molecule has 0 bridgehead atoms. The summed E-state index contributed by atoms with van der Waals surface area (Å²) in [5.74, 6) is 0.0459. The predicted molar refractivity (Wildman–Crippen MR) is 104 cm³/mol.